The van der Waals surface area contributed by atoms with Crippen molar-refractivity contribution in [2.24, 2.45) is 5.92 Å². The Kier molecular flexibility index (Phi) is 5.90. The number of nitrogens with one attached hydrogen (secondary N) is 2. The molecule has 2 amide bonds. The number of halogens is 1. The summed E-state index contributed by atoms with van der Waals surface area (Å²) >= 11 is 6.28. The summed E-state index contributed by atoms with van der Waals surface area (Å²) in [5.74, 6) is 1.28. The molecule has 4 rings (SSSR count). The smallest absolute Gasteiger partial charge is 0.227 e. The third-order valence-corrected chi connectivity index (χ3v) is 5.17. The molecule has 29 heavy (non-hydrogen) atoms. The van der Waals surface area contributed by atoms with E-state index in [0.29, 0.717) is 36.3 Å². The summed E-state index contributed by atoms with van der Waals surface area (Å²) in [6.07, 6.45) is 2.95. The summed E-state index contributed by atoms with van der Waals surface area (Å²) in [6, 6.07) is 11.0. The molecule has 0 bridgehead atoms. The van der Waals surface area contributed by atoms with E-state index in [2.05, 4.69) is 10.6 Å². The van der Waals surface area contributed by atoms with Gasteiger partial charge in [0.2, 0.25) is 11.8 Å². The van der Waals surface area contributed by atoms with E-state index in [1.807, 2.05) is 30.3 Å². The van der Waals surface area contributed by atoms with Gasteiger partial charge in [0, 0.05) is 24.6 Å². The first-order valence-corrected chi connectivity index (χ1v) is 10.2. The lowest BCUT2D eigenvalue weighted by atomic mass is 10.1. The largest absolute Gasteiger partial charge is 0.489 e. The fourth-order valence-corrected chi connectivity index (χ4v) is 3.42. The first-order valence-electron chi connectivity index (χ1n) is 9.83. The molecule has 0 spiro atoms. The highest BCUT2D eigenvalue weighted by atomic mass is 35.5. The van der Waals surface area contributed by atoms with Gasteiger partial charge in [0.15, 0.2) is 11.5 Å². The van der Waals surface area contributed by atoms with Crippen LogP contribution in [0.1, 0.15) is 30.4 Å². The fraction of sp³-hybridized carbons (Fsp3) is 0.364. The highest BCUT2D eigenvalue weighted by molar-refractivity contribution is 6.32. The molecule has 2 aromatic carbocycles. The zero-order chi connectivity index (χ0) is 20.2. The van der Waals surface area contributed by atoms with Gasteiger partial charge in [-0.2, -0.15) is 0 Å². The lowest BCUT2D eigenvalue weighted by molar-refractivity contribution is -0.120. The van der Waals surface area contributed by atoms with Gasteiger partial charge in [-0.15, -0.1) is 0 Å². The van der Waals surface area contributed by atoms with Crippen LogP contribution in [-0.2, 0) is 22.6 Å². The lowest BCUT2D eigenvalue weighted by Gasteiger charge is -2.12. The number of carbonyl (C=O) groups is 2. The standard InChI is InChI=1S/C22H23ClN2O4/c23-18-10-15(11-19-21(18)29-9-1-8-28-19)12-20(26)24-13-14-2-6-17(7-3-14)25-22(27)16-4-5-16/h2-3,6-7,10-11,16H,1,4-5,8-9,12-13H2,(H,24,26)(H,25,27). The second-order valence-electron chi connectivity index (χ2n) is 7.37. The number of benzene rings is 2. The van der Waals surface area contributed by atoms with Crippen molar-refractivity contribution in [3.05, 3.63) is 52.5 Å². The molecule has 6 nitrogen and oxygen atoms in total. The monoisotopic (exact) mass is 414 g/mol. The van der Waals surface area contributed by atoms with Gasteiger partial charge < -0.3 is 20.1 Å². The maximum Gasteiger partial charge on any atom is 0.227 e. The highest BCUT2D eigenvalue weighted by Gasteiger charge is 2.29. The number of anilines is 1. The number of fused-ring (bicyclic) bond motifs is 1. The van der Waals surface area contributed by atoms with Crippen molar-refractivity contribution in [2.45, 2.75) is 32.2 Å². The van der Waals surface area contributed by atoms with E-state index < -0.39 is 0 Å². The highest BCUT2D eigenvalue weighted by Crippen LogP contribution is 2.38. The molecule has 1 aliphatic carbocycles. The molecule has 1 heterocycles. The zero-order valence-electron chi connectivity index (χ0n) is 16.0. The Morgan fingerprint density at radius 2 is 1.79 bits per heavy atom. The zero-order valence-corrected chi connectivity index (χ0v) is 16.8. The summed E-state index contributed by atoms with van der Waals surface area (Å²) in [5, 5.41) is 6.26. The van der Waals surface area contributed by atoms with Crippen molar-refractivity contribution in [3.8, 4) is 11.5 Å². The molecule has 2 N–H and O–H groups in total. The summed E-state index contributed by atoms with van der Waals surface area (Å²) in [6.45, 7) is 1.54. The van der Waals surface area contributed by atoms with E-state index >= 15 is 0 Å². The molecule has 1 saturated carbocycles. The van der Waals surface area contributed by atoms with Crippen molar-refractivity contribution in [1.82, 2.24) is 5.32 Å². The third kappa shape index (κ3) is 5.21. The summed E-state index contributed by atoms with van der Waals surface area (Å²) in [7, 11) is 0. The first kappa shape index (κ1) is 19.6. The molecule has 2 aliphatic rings. The van der Waals surface area contributed by atoms with Crippen molar-refractivity contribution in [3.63, 3.8) is 0 Å². The molecule has 0 radical (unpaired) electrons. The average Bonchev–Trinajstić information content (AvgIpc) is 3.55. The first-order chi connectivity index (χ1) is 14.1. The maximum absolute atomic E-state index is 12.3. The summed E-state index contributed by atoms with van der Waals surface area (Å²) in [5.41, 5.74) is 2.51. The van der Waals surface area contributed by atoms with E-state index in [9.17, 15) is 9.59 Å². The Balaban J connectivity index is 1.30. The second kappa shape index (κ2) is 8.74. The Bertz CT molecular complexity index is 910. The topological polar surface area (TPSA) is 76.7 Å². The second-order valence-corrected chi connectivity index (χ2v) is 7.78. The predicted octanol–water partition coefficient (Wildman–Crippen LogP) is 3.71. The van der Waals surface area contributed by atoms with Crippen LogP contribution in [0.5, 0.6) is 11.5 Å². The number of ether oxygens (including phenoxy) is 2. The molecular weight excluding hydrogens is 392 g/mol. The minimum absolute atomic E-state index is 0.0832. The molecule has 1 aliphatic heterocycles. The van der Waals surface area contributed by atoms with Gasteiger partial charge in [-0.25, -0.2) is 0 Å². The lowest BCUT2D eigenvalue weighted by Crippen LogP contribution is -2.24. The number of amides is 2. The van der Waals surface area contributed by atoms with E-state index in [1.54, 1.807) is 6.07 Å². The van der Waals surface area contributed by atoms with E-state index in [-0.39, 0.29) is 24.2 Å². The van der Waals surface area contributed by atoms with E-state index in [1.165, 1.54) is 0 Å². The van der Waals surface area contributed by atoms with E-state index in [4.69, 9.17) is 21.1 Å². The van der Waals surface area contributed by atoms with E-state index in [0.717, 1.165) is 36.1 Å². The quantitative estimate of drug-likeness (QED) is 0.755. The van der Waals surface area contributed by atoms with Crippen molar-refractivity contribution < 1.29 is 19.1 Å². The third-order valence-electron chi connectivity index (χ3n) is 4.89. The molecule has 0 unspecified atom stereocenters. The van der Waals surface area contributed by atoms with Gasteiger partial charge in [-0.3, -0.25) is 9.59 Å². The summed E-state index contributed by atoms with van der Waals surface area (Å²) in [4.78, 5) is 24.1. The molecule has 1 fully saturated rings. The molecular formula is C22H23ClN2O4. The van der Waals surface area contributed by atoms with Gasteiger partial charge in [0.1, 0.15) is 0 Å². The molecule has 152 valence electrons. The number of carbonyl (C=O) groups excluding carboxylic acids is 2. The van der Waals surface area contributed by atoms with Crippen LogP contribution in [0.25, 0.3) is 0 Å². The van der Waals surface area contributed by atoms with Gasteiger partial charge in [0.25, 0.3) is 0 Å². The van der Waals surface area contributed by atoms with Gasteiger partial charge in [0.05, 0.1) is 24.7 Å². The van der Waals surface area contributed by atoms with Crippen LogP contribution in [0.3, 0.4) is 0 Å². The van der Waals surface area contributed by atoms with Gasteiger partial charge in [-0.05, 0) is 48.2 Å². The van der Waals surface area contributed by atoms with Crippen LogP contribution < -0.4 is 20.1 Å². The van der Waals surface area contributed by atoms with Crippen LogP contribution in [0.4, 0.5) is 5.69 Å². The van der Waals surface area contributed by atoms with Crippen LogP contribution in [0, 0.1) is 5.92 Å². The number of rotatable bonds is 6. The Morgan fingerprint density at radius 3 is 2.55 bits per heavy atom. The van der Waals surface area contributed by atoms with Crippen molar-refractivity contribution in [2.75, 3.05) is 18.5 Å². The SMILES string of the molecule is O=C(Cc1cc(Cl)c2c(c1)OCCCO2)NCc1ccc(NC(=O)C2CC2)cc1. The molecule has 0 aromatic heterocycles. The Labute approximate surface area is 174 Å². The van der Waals surface area contributed by atoms with Crippen molar-refractivity contribution >= 4 is 29.1 Å². The predicted molar refractivity (Wildman–Crippen MR) is 110 cm³/mol. The van der Waals surface area contributed by atoms with Gasteiger partial charge >= 0.3 is 0 Å². The summed E-state index contributed by atoms with van der Waals surface area (Å²) < 4.78 is 11.3. The number of hydrogen-bond donors (Lipinski definition) is 2. The normalized spacial score (nSPS) is 15.3. The van der Waals surface area contributed by atoms with Gasteiger partial charge in [-0.1, -0.05) is 23.7 Å². The fourth-order valence-electron chi connectivity index (χ4n) is 3.13. The van der Waals surface area contributed by atoms with Crippen LogP contribution in [0.15, 0.2) is 36.4 Å². The van der Waals surface area contributed by atoms with Crippen molar-refractivity contribution in [1.29, 1.82) is 0 Å². The minimum Gasteiger partial charge on any atom is -0.489 e. The number of hydrogen-bond acceptors (Lipinski definition) is 4. The Hall–Kier alpha value is -2.73. The molecule has 7 heteroatoms. The molecule has 0 saturated heterocycles. The van der Waals surface area contributed by atoms with Crippen LogP contribution in [-0.4, -0.2) is 25.0 Å². The molecule has 2 aromatic rings. The van der Waals surface area contributed by atoms with Crippen LogP contribution in [0.2, 0.25) is 5.02 Å². The maximum atomic E-state index is 12.3. The minimum atomic E-state index is -0.110. The molecule has 0 atom stereocenters. The Morgan fingerprint density at radius 1 is 1.03 bits per heavy atom. The van der Waals surface area contributed by atoms with Crippen LogP contribution >= 0.6 is 11.6 Å². The average molecular weight is 415 g/mol.